The molecule has 0 saturated carbocycles. The molecular formula is C11H13N5OS2. The molecule has 3 rings (SSSR count). The van der Waals surface area contributed by atoms with Crippen LogP contribution in [0.4, 0.5) is 5.82 Å². The maximum atomic E-state index is 11.8. The lowest BCUT2D eigenvalue weighted by atomic mass is 10.5. The zero-order valence-corrected chi connectivity index (χ0v) is 12.3. The van der Waals surface area contributed by atoms with E-state index in [4.69, 9.17) is 0 Å². The van der Waals surface area contributed by atoms with Crippen LogP contribution in [0.1, 0.15) is 6.92 Å². The molecule has 1 aliphatic heterocycles. The summed E-state index contributed by atoms with van der Waals surface area (Å²) in [7, 11) is 0. The van der Waals surface area contributed by atoms with Gasteiger partial charge in [0.15, 0.2) is 15.8 Å². The van der Waals surface area contributed by atoms with Crippen molar-refractivity contribution < 1.29 is 4.79 Å². The topological polar surface area (TPSA) is 62.2 Å². The Bertz CT molecular complexity index is 629. The van der Waals surface area contributed by atoms with E-state index in [9.17, 15) is 4.79 Å². The third-order valence-electron chi connectivity index (χ3n) is 3.03. The van der Waals surface area contributed by atoms with Gasteiger partial charge in [-0.25, -0.2) is 15.0 Å². The lowest BCUT2D eigenvalue weighted by Gasteiger charge is -2.17. The molecule has 0 spiro atoms. The quantitative estimate of drug-likeness (QED) is 0.798. The fraction of sp³-hybridized carbons (Fsp3) is 0.455. The van der Waals surface area contributed by atoms with Crippen molar-refractivity contribution in [3.05, 3.63) is 6.33 Å². The van der Waals surface area contributed by atoms with Crippen molar-refractivity contribution >= 4 is 45.2 Å². The number of carbonyl (C=O) groups is 1. The van der Waals surface area contributed by atoms with Gasteiger partial charge in [-0.05, 0) is 13.2 Å². The fourth-order valence-corrected chi connectivity index (χ4v) is 3.58. The number of thiazole rings is 1. The summed E-state index contributed by atoms with van der Waals surface area (Å²) in [5.74, 6) is 0.955. The minimum atomic E-state index is 0.142. The van der Waals surface area contributed by atoms with E-state index in [1.807, 2.05) is 23.0 Å². The molecule has 8 heteroatoms. The summed E-state index contributed by atoms with van der Waals surface area (Å²) in [4.78, 5) is 28.6. The van der Waals surface area contributed by atoms with Crippen LogP contribution in [-0.2, 0) is 4.79 Å². The molecule has 1 saturated heterocycles. The highest BCUT2D eigenvalue weighted by Crippen LogP contribution is 2.33. The Morgan fingerprint density at radius 2 is 2.32 bits per heavy atom. The van der Waals surface area contributed by atoms with Gasteiger partial charge in [0.2, 0.25) is 5.91 Å². The summed E-state index contributed by atoms with van der Waals surface area (Å²) in [5, 5.41) is 0. The number of anilines is 1. The average molecular weight is 295 g/mol. The lowest BCUT2D eigenvalue weighted by molar-refractivity contribution is -0.126. The predicted octanol–water partition coefficient (Wildman–Crippen LogP) is 1.43. The molecule has 1 aliphatic rings. The van der Waals surface area contributed by atoms with Crippen LogP contribution in [0.3, 0.4) is 0 Å². The number of hydrogen-bond acceptors (Lipinski definition) is 7. The monoisotopic (exact) mass is 295 g/mol. The van der Waals surface area contributed by atoms with E-state index >= 15 is 0 Å². The highest BCUT2D eigenvalue weighted by molar-refractivity contribution is 8.00. The van der Waals surface area contributed by atoms with Gasteiger partial charge < -0.3 is 9.80 Å². The smallest absolute Gasteiger partial charge is 0.243 e. The van der Waals surface area contributed by atoms with E-state index in [0.717, 1.165) is 21.4 Å². The third kappa shape index (κ3) is 2.14. The highest BCUT2D eigenvalue weighted by Gasteiger charge is 2.28. The highest BCUT2D eigenvalue weighted by atomic mass is 32.2. The number of rotatable bonds is 3. The summed E-state index contributed by atoms with van der Waals surface area (Å²) in [6.07, 6.45) is 3.50. The summed E-state index contributed by atoms with van der Waals surface area (Å²) in [6, 6.07) is 0. The van der Waals surface area contributed by atoms with E-state index < -0.39 is 0 Å². The zero-order chi connectivity index (χ0) is 13.4. The van der Waals surface area contributed by atoms with Crippen molar-refractivity contribution in [2.45, 2.75) is 11.3 Å². The molecule has 0 radical (unpaired) electrons. The number of fused-ring (bicyclic) bond motifs is 1. The predicted molar refractivity (Wildman–Crippen MR) is 76.6 cm³/mol. The van der Waals surface area contributed by atoms with Gasteiger partial charge in [-0.2, -0.15) is 0 Å². The second-order valence-electron chi connectivity index (χ2n) is 4.12. The Morgan fingerprint density at radius 3 is 3.00 bits per heavy atom. The van der Waals surface area contributed by atoms with Crippen LogP contribution in [0.5, 0.6) is 0 Å². The third-order valence-corrected chi connectivity index (χ3v) is 5.05. The van der Waals surface area contributed by atoms with Gasteiger partial charge in [-0.1, -0.05) is 11.8 Å². The first-order valence-corrected chi connectivity index (χ1v) is 7.95. The van der Waals surface area contributed by atoms with Crippen molar-refractivity contribution in [3.8, 4) is 0 Å². The zero-order valence-electron chi connectivity index (χ0n) is 10.7. The van der Waals surface area contributed by atoms with Crippen LogP contribution in [0.2, 0.25) is 0 Å². The normalized spacial score (nSPS) is 15.8. The molecule has 3 heterocycles. The van der Waals surface area contributed by atoms with E-state index in [1.54, 1.807) is 23.1 Å². The van der Waals surface area contributed by atoms with Gasteiger partial charge in [0.1, 0.15) is 17.6 Å². The molecule has 2 aromatic rings. The average Bonchev–Trinajstić information content (AvgIpc) is 3.00. The van der Waals surface area contributed by atoms with Crippen LogP contribution in [-0.4, -0.2) is 51.8 Å². The van der Waals surface area contributed by atoms with E-state index in [-0.39, 0.29) is 5.91 Å². The van der Waals surface area contributed by atoms with Gasteiger partial charge in [-0.3, -0.25) is 4.79 Å². The summed E-state index contributed by atoms with van der Waals surface area (Å²) < 4.78 is 1.92. The lowest BCUT2D eigenvalue weighted by Crippen LogP contribution is -2.27. The molecule has 6 nitrogen and oxygen atoms in total. The van der Waals surface area contributed by atoms with Crippen LogP contribution >= 0.6 is 23.1 Å². The molecule has 0 atom stereocenters. The standard InChI is InChI=1S/C11H13N5OS2/c1-3-15-6-16(4-7(15)17)10-8-9(12-5-13-10)14-11(18-2)19-8/h5H,3-4,6H2,1-2H3. The minimum absolute atomic E-state index is 0.142. The number of nitrogens with zero attached hydrogens (tertiary/aromatic N) is 5. The number of thioether (sulfide) groups is 1. The Morgan fingerprint density at radius 1 is 1.47 bits per heavy atom. The van der Waals surface area contributed by atoms with Crippen molar-refractivity contribution in [1.29, 1.82) is 0 Å². The maximum absolute atomic E-state index is 11.8. The van der Waals surface area contributed by atoms with Gasteiger partial charge in [-0.15, -0.1) is 11.3 Å². The molecule has 100 valence electrons. The van der Waals surface area contributed by atoms with E-state index in [2.05, 4.69) is 15.0 Å². The SMILES string of the molecule is CCN1CN(c2ncnc3nc(SC)sc23)CC1=O. The van der Waals surface area contributed by atoms with Crippen molar-refractivity contribution in [2.24, 2.45) is 0 Å². The Kier molecular flexibility index (Phi) is 3.28. The molecular weight excluding hydrogens is 282 g/mol. The first kappa shape index (κ1) is 12.6. The summed E-state index contributed by atoms with van der Waals surface area (Å²) in [6.45, 7) is 3.68. The Balaban J connectivity index is 2.01. The second-order valence-corrected chi connectivity index (χ2v) is 6.18. The van der Waals surface area contributed by atoms with E-state index in [0.29, 0.717) is 18.9 Å². The molecule has 0 aliphatic carbocycles. The first-order chi connectivity index (χ1) is 9.22. The van der Waals surface area contributed by atoms with Gasteiger partial charge in [0, 0.05) is 6.54 Å². The molecule has 0 bridgehead atoms. The number of amides is 1. The Hall–Kier alpha value is -1.41. The Labute approximate surface area is 118 Å². The summed E-state index contributed by atoms with van der Waals surface area (Å²) >= 11 is 3.17. The first-order valence-electron chi connectivity index (χ1n) is 5.91. The van der Waals surface area contributed by atoms with Gasteiger partial charge >= 0.3 is 0 Å². The van der Waals surface area contributed by atoms with E-state index in [1.165, 1.54) is 6.33 Å². The molecule has 2 aromatic heterocycles. The maximum Gasteiger partial charge on any atom is 0.243 e. The largest absolute Gasteiger partial charge is 0.328 e. The molecule has 0 aromatic carbocycles. The molecule has 1 fully saturated rings. The van der Waals surface area contributed by atoms with Crippen molar-refractivity contribution in [2.75, 3.05) is 30.9 Å². The fourth-order valence-electron chi connectivity index (χ4n) is 2.05. The molecule has 0 N–H and O–H groups in total. The molecule has 0 unspecified atom stereocenters. The second kappa shape index (κ2) is 4.93. The van der Waals surface area contributed by atoms with Crippen LogP contribution in [0.15, 0.2) is 10.7 Å². The van der Waals surface area contributed by atoms with Crippen LogP contribution in [0, 0.1) is 0 Å². The molecule has 1 amide bonds. The minimum Gasteiger partial charge on any atom is -0.328 e. The van der Waals surface area contributed by atoms with Crippen molar-refractivity contribution in [1.82, 2.24) is 19.9 Å². The van der Waals surface area contributed by atoms with Crippen LogP contribution < -0.4 is 4.90 Å². The number of hydrogen-bond donors (Lipinski definition) is 0. The van der Waals surface area contributed by atoms with Crippen LogP contribution in [0.25, 0.3) is 10.3 Å². The summed E-state index contributed by atoms with van der Waals surface area (Å²) in [5.41, 5.74) is 0.710. The molecule has 19 heavy (non-hydrogen) atoms. The number of carbonyl (C=O) groups excluding carboxylic acids is 1. The number of likely N-dealkylation sites (N-methyl/N-ethyl adjacent to an activating group) is 1. The van der Waals surface area contributed by atoms with Gasteiger partial charge in [0.05, 0.1) is 6.67 Å². The van der Waals surface area contributed by atoms with Gasteiger partial charge in [0.25, 0.3) is 0 Å². The number of aromatic nitrogens is 3. The van der Waals surface area contributed by atoms with Crippen molar-refractivity contribution in [3.63, 3.8) is 0 Å².